The molecule has 0 aliphatic carbocycles. The Hall–Kier alpha value is -0.445. The van der Waals surface area contributed by atoms with Gasteiger partial charge in [-0.3, -0.25) is 0 Å². The van der Waals surface area contributed by atoms with Gasteiger partial charge in [-0.05, 0) is 51.7 Å². The predicted molar refractivity (Wildman–Crippen MR) is 74.1 cm³/mol. The van der Waals surface area contributed by atoms with Gasteiger partial charge in [0.15, 0.2) is 0 Å². The van der Waals surface area contributed by atoms with Crippen LogP contribution < -0.4 is 5.46 Å². The van der Waals surface area contributed by atoms with E-state index in [1.807, 2.05) is 25.1 Å². The molecular formula is C13H19BO2S. The predicted octanol–water partition coefficient (Wildman–Crippen LogP) is 2.58. The Labute approximate surface area is 109 Å². The molecule has 1 aromatic rings. The molecule has 0 bridgehead atoms. The van der Waals surface area contributed by atoms with Gasteiger partial charge in [0.25, 0.3) is 0 Å². The standard InChI is InChI=1S/C13H19BO2S/c1-9-6-7-10(8-11(9)17)14-15-12(2,3)13(4,5)16-14/h6-8,17H,1-5H3. The van der Waals surface area contributed by atoms with E-state index in [1.165, 1.54) is 0 Å². The molecule has 2 rings (SSSR count). The molecule has 1 heterocycles. The molecule has 92 valence electrons. The van der Waals surface area contributed by atoms with Crippen LogP contribution in [0.25, 0.3) is 0 Å². The summed E-state index contributed by atoms with van der Waals surface area (Å²) in [5, 5.41) is 0. The monoisotopic (exact) mass is 250 g/mol. The molecule has 1 fully saturated rings. The Morgan fingerprint density at radius 2 is 1.59 bits per heavy atom. The van der Waals surface area contributed by atoms with Crippen molar-refractivity contribution in [2.24, 2.45) is 0 Å². The summed E-state index contributed by atoms with van der Waals surface area (Å²) >= 11 is 4.44. The maximum Gasteiger partial charge on any atom is 0.494 e. The molecule has 0 unspecified atom stereocenters. The van der Waals surface area contributed by atoms with Gasteiger partial charge in [0.05, 0.1) is 11.2 Å². The summed E-state index contributed by atoms with van der Waals surface area (Å²) < 4.78 is 12.0. The number of aryl methyl sites for hydroxylation is 1. The fraction of sp³-hybridized carbons (Fsp3) is 0.538. The number of rotatable bonds is 1. The van der Waals surface area contributed by atoms with Gasteiger partial charge in [0.2, 0.25) is 0 Å². The minimum Gasteiger partial charge on any atom is -0.399 e. The lowest BCUT2D eigenvalue weighted by atomic mass is 9.79. The first-order chi connectivity index (χ1) is 7.73. The quantitative estimate of drug-likeness (QED) is 0.610. The van der Waals surface area contributed by atoms with Crippen molar-refractivity contribution in [2.75, 3.05) is 0 Å². The van der Waals surface area contributed by atoms with Crippen LogP contribution in [0.3, 0.4) is 0 Å². The Morgan fingerprint density at radius 3 is 2.06 bits per heavy atom. The molecule has 0 amide bonds. The van der Waals surface area contributed by atoms with Gasteiger partial charge in [-0.2, -0.15) is 0 Å². The molecule has 1 saturated heterocycles. The highest BCUT2D eigenvalue weighted by molar-refractivity contribution is 7.80. The van der Waals surface area contributed by atoms with Gasteiger partial charge < -0.3 is 9.31 Å². The molecule has 0 radical (unpaired) electrons. The third-order valence-corrected chi connectivity index (χ3v) is 4.24. The zero-order chi connectivity index (χ0) is 12.8. The summed E-state index contributed by atoms with van der Waals surface area (Å²) in [6, 6.07) is 6.10. The summed E-state index contributed by atoms with van der Waals surface area (Å²) in [4.78, 5) is 0.970. The maximum atomic E-state index is 5.99. The van der Waals surface area contributed by atoms with Gasteiger partial charge in [-0.1, -0.05) is 12.1 Å². The van der Waals surface area contributed by atoms with Crippen LogP contribution in [0.1, 0.15) is 33.3 Å². The molecular weight excluding hydrogens is 231 g/mol. The molecule has 0 atom stereocenters. The molecule has 1 aliphatic rings. The third-order valence-electron chi connectivity index (χ3n) is 3.76. The van der Waals surface area contributed by atoms with Crippen LogP contribution in [0.15, 0.2) is 23.1 Å². The van der Waals surface area contributed by atoms with E-state index >= 15 is 0 Å². The van der Waals surface area contributed by atoms with Crippen LogP contribution in [-0.4, -0.2) is 18.3 Å². The lowest BCUT2D eigenvalue weighted by Gasteiger charge is -2.32. The molecule has 17 heavy (non-hydrogen) atoms. The van der Waals surface area contributed by atoms with Crippen LogP contribution in [0.4, 0.5) is 0 Å². The highest BCUT2D eigenvalue weighted by atomic mass is 32.1. The van der Waals surface area contributed by atoms with Crippen LogP contribution in [0.2, 0.25) is 0 Å². The highest BCUT2D eigenvalue weighted by Gasteiger charge is 2.51. The van der Waals surface area contributed by atoms with E-state index < -0.39 is 0 Å². The van der Waals surface area contributed by atoms with E-state index in [2.05, 4.69) is 40.3 Å². The molecule has 2 nitrogen and oxygen atoms in total. The van der Waals surface area contributed by atoms with E-state index in [-0.39, 0.29) is 18.3 Å². The second kappa shape index (κ2) is 4.04. The maximum absolute atomic E-state index is 5.99. The molecule has 0 saturated carbocycles. The average Bonchev–Trinajstić information content (AvgIpc) is 2.41. The zero-order valence-corrected chi connectivity index (χ0v) is 12.0. The Morgan fingerprint density at radius 1 is 1.06 bits per heavy atom. The highest BCUT2D eigenvalue weighted by Crippen LogP contribution is 2.36. The molecule has 0 N–H and O–H groups in total. The Balaban J connectivity index is 2.29. The molecule has 0 spiro atoms. The van der Waals surface area contributed by atoms with Crippen molar-refractivity contribution in [1.82, 2.24) is 0 Å². The van der Waals surface area contributed by atoms with E-state index in [0.717, 1.165) is 15.9 Å². The number of hydrogen-bond donors (Lipinski definition) is 1. The fourth-order valence-corrected chi connectivity index (χ4v) is 1.98. The van der Waals surface area contributed by atoms with Gasteiger partial charge in [0, 0.05) is 4.90 Å². The molecule has 1 aliphatic heterocycles. The van der Waals surface area contributed by atoms with Crippen molar-refractivity contribution in [3.8, 4) is 0 Å². The zero-order valence-electron chi connectivity index (χ0n) is 11.1. The summed E-state index contributed by atoms with van der Waals surface area (Å²) in [6.45, 7) is 10.3. The smallest absolute Gasteiger partial charge is 0.399 e. The van der Waals surface area contributed by atoms with Crippen LogP contribution >= 0.6 is 12.6 Å². The SMILES string of the molecule is Cc1ccc(B2OC(C)(C)C(C)(C)O2)cc1S. The summed E-state index contributed by atoms with van der Waals surface area (Å²) in [5.41, 5.74) is 1.60. The Kier molecular flexibility index (Phi) is 3.09. The fourth-order valence-electron chi connectivity index (χ4n) is 1.75. The first-order valence-electron chi connectivity index (χ1n) is 5.88. The topological polar surface area (TPSA) is 18.5 Å². The van der Waals surface area contributed by atoms with Gasteiger partial charge >= 0.3 is 7.12 Å². The minimum absolute atomic E-state index is 0.292. The number of hydrogen-bond acceptors (Lipinski definition) is 3. The third kappa shape index (κ3) is 2.26. The van der Waals surface area contributed by atoms with E-state index in [4.69, 9.17) is 9.31 Å². The van der Waals surface area contributed by atoms with Crippen molar-refractivity contribution >= 4 is 25.2 Å². The van der Waals surface area contributed by atoms with E-state index in [9.17, 15) is 0 Å². The van der Waals surface area contributed by atoms with Gasteiger partial charge in [0.1, 0.15) is 0 Å². The van der Waals surface area contributed by atoms with Crippen molar-refractivity contribution in [3.63, 3.8) is 0 Å². The molecule has 0 aromatic heterocycles. The summed E-state index contributed by atoms with van der Waals surface area (Å²) in [7, 11) is -0.300. The van der Waals surface area contributed by atoms with Gasteiger partial charge in [-0.25, -0.2) is 0 Å². The second-order valence-electron chi connectivity index (χ2n) is 5.63. The van der Waals surface area contributed by atoms with Crippen molar-refractivity contribution in [2.45, 2.75) is 50.7 Å². The first-order valence-corrected chi connectivity index (χ1v) is 6.33. The van der Waals surface area contributed by atoms with E-state index in [1.54, 1.807) is 0 Å². The number of benzene rings is 1. The van der Waals surface area contributed by atoms with Crippen molar-refractivity contribution in [1.29, 1.82) is 0 Å². The average molecular weight is 250 g/mol. The number of thiol groups is 1. The second-order valence-corrected chi connectivity index (χ2v) is 6.12. The molecule has 4 heteroatoms. The summed E-state index contributed by atoms with van der Waals surface area (Å²) in [5.74, 6) is 0. The lowest BCUT2D eigenvalue weighted by Crippen LogP contribution is -2.41. The van der Waals surface area contributed by atoms with Gasteiger partial charge in [-0.15, -0.1) is 12.6 Å². The van der Waals surface area contributed by atoms with E-state index in [0.29, 0.717) is 0 Å². The first kappa shape index (κ1) is 13.0. The molecule has 1 aromatic carbocycles. The Bertz CT molecular complexity index is 427. The van der Waals surface area contributed by atoms with Crippen LogP contribution in [0.5, 0.6) is 0 Å². The largest absolute Gasteiger partial charge is 0.494 e. The normalized spacial score (nSPS) is 21.9. The van der Waals surface area contributed by atoms with Crippen LogP contribution in [0, 0.1) is 6.92 Å². The summed E-state index contributed by atoms with van der Waals surface area (Å²) in [6.07, 6.45) is 0. The lowest BCUT2D eigenvalue weighted by molar-refractivity contribution is 0.00578. The van der Waals surface area contributed by atoms with Crippen LogP contribution in [-0.2, 0) is 9.31 Å². The van der Waals surface area contributed by atoms with Crippen molar-refractivity contribution < 1.29 is 9.31 Å². The van der Waals surface area contributed by atoms with Crippen molar-refractivity contribution in [3.05, 3.63) is 23.8 Å². The minimum atomic E-state index is -0.300.